The molecule has 0 radical (unpaired) electrons. The molecule has 1 aromatic heterocycles. The first-order valence-electron chi connectivity index (χ1n) is 9.59. The molecule has 2 saturated heterocycles. The van der Waals surface area contributed by atoms with Crippen LogP contribution in [0.25, 0.3) is 0 Å². The van der Waals surface area contributed by atoms with Crippen molar-refractivity contribution >= 4 is 5.91 Å². The number of aromatic nitrogens is 1. The summed E-state index contributed by atoms with van der Waals surface area (Å²) in [5, 5.41) is 0. The molecule has 0 N–H and O–H groups in total. The molecule has 0 bridgehead atoms. The number of carbonyl (C=O) groups is 1. The molecule has 0 aliphatic carbocycles. The molecule has 2 aliphatic heterocycles. The molecule has 0 aromatic carbocycles. The molecule has 25 heavy (non-hydrogen) atoms. The highest BCUT2D eigenvalue weighted by Gasteiger charge is 2.47. The minimum absolute atomic E-state index is 0.0463. The van der Waals surface area contributed by atoms with Crippen molar-refractivity contribution in [2.24, 2.45) is 5.41 Å². The first kappa shape index (κ1) is 18.3. The van der Waals surface area contributed by atoms with Crippen LogP contribution in [0.4, 0.5) is 0 Å². The molecule has 1 aromatic rings. The van der Waals surface area contributed by atoms with Crippen LogP contribution < -0.4 is 0 Å². The molecular weight excluding hydrogens is 312 g/mol. The van der Waals surface area contributed by atoms with Crippen molar-refractivity contribution in [3.63, 3.8) is 0 Å². The Hall–Kier alpha value is -1.46. The average Bonchev–Trinajstić information content (AvgIpc) is 2.96. The summed E-state index contributed by atoms with van der Waals surface area (Å²) in [5.41, 5.74) is 1.43. The van der Waals surface area contributed by atoms with E-state index in [2.05, 4.69) is 28.8 Å². The highest BCUT2D eigenvalue weighted by atomic mass is 16.2. The summed E-state index contributed by atoms with van der Waals surface area (Å²) < 4.78 is 0. The number of pyridine rings is 1. The fourth-order valence-corrected chi connectivity index (χ4v) is 4.46. The second-order valence-electron chi connectivity index (χ2n) is 8.05. The van der Waals surface area contributed by atoms with Gasteiger partial charge in [0.05, 0.1) is 6.04 Å². The Balaban J connectivity index is 1.68. The molecule has 5 heteroatoms. The predicted molar refractivity (Wildman–Crippen MR) is 100 cm³/mol. The van der Waals surface area contributed by atoms with Gasteiger partial charge in [-0.2, -0.15) is 0 Å². The van der Waals surface area contributed by atoms with E-state index in [1.165, 1.54) is 12.8 Å². The van der Waals surface area contributed by atoms with Crippen LogP contribution in [-0.4, -0.2) is 71.9 Å². The van der Waals surface area contributed by atoms with E-state index < -0.39 is 0 Å². The van der Waals surface area contributed by atoms with Crippen molar-refractivity contribution in [3.8, 4) is 0 Å². The van der Waals surface area contributed by atoms with Crippen LogP contribution in [0.15, 0.2) is 24.5 Å². The lowest BCUT2D eigenvalue weighted by atomic mass is 9.76. The molecule has 1 atom stereocenters. The van der Waals surface area contributed by atoms with Crippen molar-refractivity contribution in [1.82, 2.24) is 19.7 Å². The summed E-state index contributed by atoms with van der Waals surface area (Å²) in [4.78, 5) is 24.1. The number of likely N-dealkylation sites (tertiary alicyclic amines) is 2. The van der Waals surface area contributed by atoms with Crippen molar-refractivity contribution < 1.29 is 4.79 Å². The van der Waals surface area contributed by atoms with Gasteiger partial charge in [-0.3, -0.25) is 14.7 Å². The molecule has 3 heterocycles. The van der Waals surface area contributed by atoms with Crippen LogP contribution in [0, 0.1) is 5.41 Å². The third-order valence-corrected chi connectivity index (χ3v) is 5.97. The summed E-state index contributed by atoms with van der Waals surface area (Å²) in [6, 6.07) is 4.01. The highest BCUT2D eigenvalue weighted by Crippen LogP contribution is 2.43. The molecule has 2 fully saturated rings. The Bertz CT molecular complexity index is 568. The fourth-order valence-electron chi connectivity index (χ4n) is 4.46. The molecular formula is C20H32N4O. The van der Waals surface area contributed by atoms with Gasteiger partial charge in [0.2, 0.25) is 5.91 Å². The second-order valence-corrected chi connectivity index (χ2v) is 8.05. The lowest BCUT2D eigenvalue weighted by molar-refractivity contribution is -0.135. The van der Waals surface area contributed by atoms with Crippen molar-refractivity contribution in [3.05, 3.63) is 30.1 Å². The number of hydrogen-bond donors (Lipinski definition) is 0. The van der Waals surface area contributed by atoms with Crippen LogP contribution in [0.1, 0.15) is 38.2 Å². The second kappa shape index (κ2) is 7.83. The monoisotopic (exact) mass is 344 g/mol. The Kier molecular flexibility index (Phi) is 5.74. The van der Waals surface area contributed by atoms with Gasteiger partial charge in [-0.05, 0) is 69.4 Å². The van der Waals surface area contributed by atoms with Crippen LogP contribution in [0.2, 0.25) is 0 Å². The molecule has 1 spiro atoms. The number of likely N-dealkylation sites (N-methyl/N-ethyl adjacent to an activating group) is 1. The predicted octanol–water partition coefficient (Wildman–Crippen LogP) is 2.24. The SMILES string of the molecule is CCCN1CC2(CCN(C)CC2)C[C@@H]1C(=O)N(C)Cc1cccnc1. The summed E-state index contributed by atoms with van der Waals surface area (Å²) in [6.07, 6.45) is 8.19. The fraction of sp³-hybridized carbons (Fsp3) is 0.700. The third-order valence-electron chi connectivity index (χ3n) is 5.97. The zero-order chi connectivity index (χ0) is 17.9. The molecule has 3 rings (SSSR count). The number of piperidine rings is 1. The maximum absolute atomic E-state index is 13.2. The van der Waals surface area contributed by atoms with Gasteiger partial charge in [-0.25, -0.2) is 0 Å². The first-order chi connectivity index (χ1) is 12.0. The smallest absolute Gasteiger partial charge is 0.239 e. The quantitative estimate of drug-likeness (QED) is 0.821. The maximum Gasteiger partial charge on any atom is 0.239 e. The minimum Gasteiger partial charge on any atom is -0.340 e. The van der Waals surface area contributed by atoms with Crippen molar-refractivity contribution in [1.29, 1.82) is 0 Å². The van der Waals surface area contributed by atoms with Crippen LogP contribution in [0.5, 0.6) is 0 Å². The Morgan fingerprint density at radius 1 is 1.40 bits per heavy atom. The number of nitrogens with zero attached hydrogens (tertiary/aromatic N) is 4. The Morgan fingerprint density at radius 2 is 2.16 bits per heavy atom. The van der Waals surface area contributed by atoms with Crippen LogP contribution in [0.3, 0.4) is 0 Å². The summed E-state index contributed by atoms with van der Waals surface area (Å²) >= 11 is 0. The van der Waals surface area contributed by atoms with Crippen LogP contribution in [-0.2, 0) is 11.3 Å². The van der Waals surface area contributed by atoms with Gasteiger partial charge in [-0.15, -0.1) is 0 Å². The zero-order valence-corrected chi connectivity index (χ0v) is 15.9. The number of hydrogen-bond acceptors (Lipinski definition) is 4. The van der Waals surface area contributed by atoms with E-state index in [9.17, 15) is 4.79 Å². The van der Waals surface area contributed by atoms with Gasteiger partial charge in [-0.1, -0.05) is 13.0 Å². The molecule has 1 amide bonds. The Labute approximate surface area is 152 Å². The largest absolute Gasteiger partial charge is 0.340 e. The highest BCUT2D eigenvalue weighted by molar-refractivity contribution is 5.82. The van der Waals surface area contributed by atoms with E-state index in [4.69, 9.17) is 0 Å². The normalized spacial score (nSPS) is 23.9. The molecule has 0 unspecified atom stereocenters. The third kappa shape index (κ3) is 4.21. The standard InChI is InChI=1S/C20H32N4O/c1-4-10-24-16-20(7-11-22(2)12-8-20)13-18(24)19(25)23(3)15-17-6-5-9-21-14-17/h5-6,9,14,18H,4,7-8,10-13,15-16H2,1-3H3/t18-/m1/s1. The number of rotatable bonds is 5. The van der Waals surface area contributed by atoms with Gasteiger partial charge in [0.15, 0.2) is 0 Å². The van der Waals surface area contributed by atoms with E-state index in [1.807, 2.05) is 30.3 Å². The number of carbonyl (C=O) groups excluding carboxylic acids is 1. The topological polar surface area (TPSA) is 39.7 Å². The van der Waals surface area contributed by atoms with Gasteiger partial charge >= 0.3 is 0 Å². The molecule has 5 nitrogen and oxygen atoms in total. The lowest BCUT2D eigenvalue weighted by Gasteiger charge is -2.37. The van der Waals surface area contributed by atoms with Gasteiger partial charge < -0.3 is 9.80 Å². The van der Waals surface area contributed by atoms with Gasteiger partial charge in [0, 0.05) is 32.5 Å². The Morgan fingerprint density at radius 3 is 2.80 bits per heavy atom. The van der Waals surface area contributed by atoms with Crippen LogP contribution >= 0.6 is 0 Å². The van der Waals surface area contributed by atoms with E-state index >= 15 is 0 Å². The average molecular weight is 345 g/mol. The first-order valence-corrected chi connectivity index (χ1v) is 9.59. The molecule has 2 aliphatic rings. The maximum atomic E-state index is 13.2. The van der Waals surface area contributed by atoms with E-state index in [1.54, 1.807) is 6.20 Å². The van der Waals surface area contributed by atoms with Crippen molar-refractivity contribution in [2.75, 3.05) is 40.3 Å². The van der Waals surface area contributed by atoms with E-state index in [0.717, 1.165) is 44.6 Å². The van der Waals surface area contributed by atoms with E-state index in [0.29, 0.717) is 12.0 Å². The zero-order valence-electron chi connectivity index (χ0n) is 15.9. The van der Waals surface area contributed by atoms with Gasteiger partial charge in [0.25, 0.3) is 0 Å². The molecule has 0 saturated carbocycles. The number of amides is 1. The summed E-state index contributed by atoms with van der Waals surface area (Å²) in [6.45, 7) is 7.28. The lowest BCUT2D eigenvalue weighted by Crippen LogP contribution is -2.44. The summed E-state index contributed by atoms with van der Waals surface area (Å²) in [7, 11) is 4.13. The molecule has 138 valence electrons. The summed E-state index contributed by atoms with van der Waals surface area (Å²) in [5.74, 6) is 0.271. The van der Waals surface area contributed by atoms with E-state index in [-0.39, 0.29) is 11.9 Å². The van der Waals surface area contributed by atoms with Gasteiger partial charge in [0.1, 0.15) is 0 Å². The minimum atomic E-state index is 0.0463. The van der Waals surface area contributed by atoms with Crippen molar-refractivity contribution in [2.45, 2.75) is 45.2 Å².